The van der Waals surface area contributed by atoms with E-state index in [9.17, 15) is 4.79 Å². The average Bonchev–Trinajstić information content (AvgIpc) is 2.25. The summed E-state index contributed by atoms with van der Waals surface area (Å²) in [6.07, 6.45) is 1.76. The molecule has 1 aliphatic rings. The van der Waals surface area contributed by atoms with Gasteiger partial charge in [0.25, 0.3) is 0 Å². The molecule has 1 aliphatic heterocycles. The average molecular weight is 256 g/mol. The van der Waals surface area contributed by atoms with E-state index in [4.69, 9.17) is 0 Å². The number of rotatable bonds is 4. The first kappa shape index (κ1) is 13.9. The van der Waals surface area contributed by atoms with Gasteiger partial charge in [-0.1, -0.05) is 6.07 Å². The standard InChI is InChI=1S/C12H17N3O.ClH/c1-2-15(12(16)10-7-13-8-10)9-11-5-3-4-6-14-11;/h3-6,10,13H,2,7-9H2,1H3;1H. The summed E-state index contributed by atoms with van der Waals surface area (Å²) >= 11 is 0. The Labute approximate surface area is 108 Å². The van der Waals surface area contributed by atoms with Crippen LogP contribution in [0.25, 0.3) is 0 Å². The summed E-state index contributed by atoms with van der Waals surface area (Å²) in [4.78, 5) is 18.1. The molecule has 0 aromatic carbocycles. The molecule has 17 heavy (non-hydrogen) atoms. The number of carbonyl (C=O) groups is 1. The molecule has 0 radical (unpaired) electrons. The highest BCUT2D eigenvalue weighted by Crippen LogP contribution is 2.10. The third-order valence-corrected chi connectivity index (χ3v) is 2.90. The van der Waals surface area contributed by atoms with Gasteiger partial charge in [-0.2, -0.15) is 0 Å². The van der Waals surface area contributed by atoms with Crippen molar-refractivity contribution in [2.75, 3.05) is 19.6 Å². The van der Waals surface area contributed by atoms with Crippen LogP contribution in [0, 0.1) is 5.92 Å². The van der Waals surface area contributed by atoms with Crippen LogP contribution in [0.1, 0.15) is 12.6 Å². The number of hydrogen-bond acceptors (Lipinski definition) is 3. The largest absolute Gasteiger partial charge is 0.337 e. The molecule has 0 bridgehead atoms. The van der Waals surface area contributed by atoms with Crippen LogP contribution < -0.4 is 5.32 Å². The van der Waals surface area contributed by atoms with Crippen LogP contribution in [0.3, 0.4) is 0 Å². The molecule has 0 spiro atoms. The highest BCUT2D eigenvalue weighted by molar-refractivity contribution is 5.85. The number of amides is 1. The first-order valence-corrected chi connectivity index (χ1v) is 5.70. The maximum absolute atomic E-state index is 12.0. The Morgan fingerprint density at radius 1 is 1.53 bits per heavy atom. The Bertz CT molecular complexity index is 354. The second-order valence-corrected chi connectivity index (χ2v) is 4.03. The first-order chi connectivity index (χ1) is 7.81. The van der Waals surface area contributed by atoms with E-state index < -0.39 is 0 Å². The minimum absolute atomic E-state index is 0. The fourth-order valence-electron chi connectivity index (χ4n) is 1.75. The Morgan fingerprint density at radius 3 is 2.76 bits per heavy atom. The number of nitrogens with zero attached hydrogens (tertiary/aromatic N) is 2. The Hall–Kier alpha value is -1.13. The fraction of sp³-hybridized carbons (Fsp3) is 0.500. The van der Waals surface area contributed by atoms with Crippen molar-refractivity contribution in [1.82, 2.24) is 15.2 Å². The van der Waals surface area contributed by atoms with Gasteiger partial charge in [0, 0.05) is 25.8 Å². The van der Waals surface area contributed by atoms with Gasteiger partial charge in [-0.3, -0.25) is 9.78 Å². The first-order valence-electron chi connectivity index (χ1n) is 5.70. The maximum atomic E-state index is 12.0. The van der Waals surface area contributed by atoms with Crippen LogP contribution in [0.15, 0.2) is 24.4 Å². The molecule has 2 heterocycles. The van der Waals surface area contributed by atoms with E-state index >= 15 is 0 Å². The molecule has 1 aromatic rings. The summed E-state index contributed by atoms with van der Waals surface area (Å²) in [6, 6.07) is 5.79. The van der Waals surface area contributed by atoms with E-state index in [1.165, 1.54) is 0 Å². The molecular formula is C12H18ClN3O. The molecular weight excluding hydrogens is 238 g/mol. The predicted octanol–water partition coefficient (Wildman–Crippen LogP) is 1.07. The van der Waals surface area contributed by atoms with E-state index in [2.05, 4.69) is 10.3 Å². The van der Waals surface area contributed by atoms with Gasteiger partial charge in [0.1, 0.15) is 0 Å². The maximum Gasteiger partial charge on any atom is 0.228 e. The van der Waals surface area contributed by atoms with Crippen LogP contribution >= 0.6 is 12.4 Å². The lowest BCUT2D eigenvalue weighted by Gasteiger charge is -2.31. The van der Waals surface area contributed by atoms with E-state index in [-0.39, 0.29) is 24.2 Å². The lowest BCUT2D eigenvalue weighted by atomic mass is 10.0. The van der Waals surface area contributed by atoms with Gasteiger partial charge in [0.05, 0.1) is 18.2 Å². The van der Waals surface area contributed by atoms with Gasteiger partial charge in [0.2, 0.25) is 5.91 Å². The number of carbonyl (C=O) groups excluding carboxylic acids is 1. The molecule has 1 saturated heterocycles. The van der Waals surface area contributed by atoms with Crippen molar-refractivity contribution in [2.24, 2.45) is 5.92 Å². The van der Waals surface area contributed by atoms with Crippen molar-refractivity contribution in [2.45, 2.75) is 13.5 Å². The molecule has 0 aliphatic carbocycles. The van der Waals surface area contributed by atoms with Gasteiger partial charge in [-0.05, 0) is 19.1 Å². The van der Waals surface area contributed by atoms with Gasteiger partial charge in [0.15, 0.2) is 0 Å². The summed E-state index contributed by atoms with van der Waals surface area (Å²) in [5.74, 6) is 0.413. The molecule has 5 heteroatoms. The van der Waals surface area contributed by atoms with Gasteiger partial charge < -0.3 is 10.2 Å². The van der Waals surface area contributed by atoms with Gasteiger partial charge >= 0.3 is 0 Å². The van der Waals surface area contributed by atoms with Gasteiger partial charge in [-0.15, -0.1) is 12.4 Å². The van der Waals surface area contributed by atoms with E-state index in [0.717, 1.165) is 25.3 Å². The Kier molecular flexibility index (Phi) is 5.38. The lowest BCUT2D eigenvalue weighted by molar-refractivity contribution is -0.137. The monoisotopic (exact) mass is 255 g/mol. The number of pyridine rings is 1. The minimum Gasteiger partial charge on any atom is -0.337 e. The molecule has 1 aromatic heterocycles. The highest BCUT2D eigenvalue weighted by Gasteiger charge is 2.28. The summed E-state index contributed by atoms with van der Waals surface area (Å²) in [6.45, 7) is 5.00. The zero-order valence-corrected chi connectivity index (χ0v) is 10.7. The molecule has 94 valence electrons. The minimum atomic E-state index is 0. The molecule has 2 rings (SSSR count). The predicted molar refractivity (Wildman–Crippen MR) is 68.9 cm³/mol. The molecule has 0 saturated carbocycles. The summed E-state index contributed by atoms with van der Waals surface area (Å²) in [5.41, 5.74) is 0.949. The van der Waals surface area contributed by atoms with E-state index in [1.807, 2.05) is 30.0 Å². The molecule has 1 fully saturated rings. The molecule has 1 amide bonds. The summed E-state index contributed by atoms with van der Waals surface area (Å²) < 4.78 is 0. The highest BCUT2D eigenvalue weighted by atomic mass is 35.5. The lowest BCUT2D eigenvalue weighted by Crippen LogP contribution is -2.51. The van der Waals surface area contributed by atoms with Crippen LogP contribution in [0.2, 0.25) is 0 Å². The number of nitrogens with one attached hydrogen (secondary N) is 1. The zero-order chi connectivity index (χ0) is 11.4. The molecule has 0 atom stereocenters. The SMILES string of the molecule is CCN(Cc1ccccn1)C(=O)C1CNC1.Cl. The fourth-order valence-corrected chi connectivity index (χ4v) is 1.75. The van der Waals surface area contributed by atoms with Crippen LogP contribution in [-0.2, 0) is 11.3 Å². The Morgan fingerprint density at radius 2 is 2.29 bits per heavy atom. The second kappa shape index (κ2) is 6.57. The van der Waals surface area contributed by atoms with Crippen LogP contribution in [0.4, 0.5) is 0 Å². The topological polar surface area (TPSA) is 45.2 Å². The van der Waals surface area contributed by atoms with Crippen LogP contribution in [0.5, 0.6) is 0 Å². The molecule has 4 nitrogen and oxygen atoms in total. The molecule has 1 N–H and O–H groups in total. The quantitative estimate of drug-likeness (QED) is 0.876. The smallest absolute Gasteiger partial charge is 0.228 e. The second-order valence-electron chi connectivity index (χ2n) is 4.03. The van der Waals surface area contributed by atoms with Crippen molar-refractivity contribution in [3.05, 3.63) is 30.1 Å². The normalized spacial score (nSPS) is 14.6. The Balaban J connectivity index is 0.00000144. The van der Waals surface area contributed by atoms with Gasteiger partial charge in [-0.25, -0.2) is 0 Å². The molecule has 0 unspecified atom stereocenters. The van der Waals surface area contributed by atoms with Crippen molar-refractivity contribution < 1.29 is 4.79 Å². The third kappa shape index (κ3) is 3.41. The van der Waals surface area contributed by atoms with Crippen molar-refractivity contribution in [1.29, 1.82) is 0 Å². The van der Waals surface area contributed by atoms with Crippen molar-refractivity contribution in [3.8, 4) is 0 Å². The number of hydrogen-bond donors (Lipinski definition) is 1. The van der Waals surface area contributed by atoms with Crippen molar-refractivity contribution in [3.63, 3.8) is 0 Å². The third-order valence-electron chi connectivity index (χ3n) is 2.90. The summed E-state index contributed by atoms with van der Waals surface area (Å²) in [7, 11) is 0. The summed E-state index contributed by atoms with van der Waals surface area (Å²) in [5, 5.41) is 3.12. The zero-order valence-electron chi connectivity index (χ0n) is 9.93. The van der Waals surface area contributed by atoms with E-state index in [1.54, 1.807) is 6.20 Å². The van der Waals surface area contributed by atoms with Crippen molar-refractivity contribution >= 4 is 18.3 Å². The number of halogens is 1. The van der Waals surface area contributed by atoms with Crippen LogP contribution in [-0.4, -0.2) is 35.4 Å². The number of aromatic nitrogens is 1. The van der Waals surface area contributed by atoms with E-state index in [0.29, 0.717) is 6.54 Å².